The first-order valence-electron chi connectivity index (χ1n) is 19.1. The van der Waals surface area contributed by atoms with Gasteiger partial charge in [-0.3, -0.25) is 19.3 Å². The van der Waals surface area contributed by atoms with Gasteiger partial charge in [0, 0.05) is 47.8 Å². The summed E-state index contributed by atoms with van der Waals surface area (Å²) in [6.07, 6.45) is 15.3. The Morgan fingerprint density at radius 3 is 1.12 bits per heavy atom. The van der Waals surface area contributed by atoms with Crippen molar-refractivity contribution in [1.29, 1.82) is 0 Å². The molecule has 2 aliphatic carbocycles. The van der Waals surface area contributed by atoms with Crippen molar-refractivity contribution in [1.82, 2.24) is 20.8 Å². The van der Waals surface area contributed by atoms with Crippen LogP contribution in [-0.4, -0.2) is 79.0 Å². The normalized spacial score (nSPS) is 36.4. The molecular formula is C38H66N4O6. The molecule has 10 nitrogen and oxygen atoms in total. The molecule has 10 heteroatoms. The van der Waals surface area contributed by atoms with Crippen LogP contribution in [0.2, 0.25) is 0 Å². The average Bonchev–Trinajstić information content (AvgIpc) is 3.34. The molecular weight excluding hydrogens is 608 g/mol. The van der Waals surface area contributed by atoms with Crippen molar-refractivity contribution in [2.45, 2.75) is 229 Å². The van der Waals surface area contributed by atoms with Gasteiger partial charge >= 0.3 is 0 Å². The molecule has 6 rings (SSSR count). The smallest absolute Gasteiger partial charge is 0.254 e. The summed E-state index contributed by atoms with van der Waals surface area (Å²) in [5.41, 5.74) is -5.33. The summed E-state index contributed by atoms with van der Waals surface area (Å²) in [6.45, 7) is 21.3. The molecule has 4 saturated heterocycles. The SMILES string of the molecule is CC1(CCC2(C)NC(=O)C3(CC(C)(C)N(OC4CCCCC4)C(C)(C)C3)O2)NC(=O)C2(CC(C)(C)N(OC3CCCCC3)C(C)(C)C2)O1. The number of nitrogens with zero attached hydrogens (tertiary/aromatic N) is 2. The minimum Gasteiger partial charge on any atom is -0.340 e. The number of rotatable bonds is 7. The maximum absolute atomic E-state index is 13.9. The van der Waals surface area contributed by atoms with Crippen molar-refractivity contribution < 1.29 is 28.7 Å². The Hall–Kier alpha value is -1.30. The Morgan fingerprint density at radius 1 is 0.542 bits per heavy atom. The topological polar surface area (TPSA) is 102 Å². The first-order chi connectivity index (χ1) is 22.1. The van der Waals surface area contributed by atoms with Gasteiger partial charge in [0.2, 0.25) is 0 Å². The Balaban J connectivity index is 1.12. The molecule has 0 aromatic rings. The zero-order chi connectivity index (χ0) is 35.0. The van der Waals surface area contributed by atoms with Crippen LogP contribution in [0.5, 0.6) is 0 Å². The number of carbonyl (C=O) groups is 2. The summed E-state index contributed by atoms with van der Waals surface area (Å²) in [5.74, 6) is -0.120. The quantitative estimate of drug-likeness (QED) is 0.304. The zero-order valence-electron chi connectivity index (χ0n) is 31.8. The van der Waals surface area contributed by atoms with Crippen molar-refractivity contribution in [2.75, 3.05) is 0 Å². The second kappa shape index (κ2) is 12.1. The van der Waals surface area contributed by atoms with Gasteiger partial charge in [0.05, 0.1) is 12.2 Å². The Morgan fingerprint density at radius 2 is 0.833 bits per heavy atom. The molecule has 2 atom stereocenters. The van der Waals surface area contributed by atoms with Gasteiger partial charge in [-0.1, -0.05) is 38.5 Å². The standard InChI is InChI=1S/C38H66N4O6/c1-31(2)23-37(24-32(3,4)41(31)45-27-17-13-11-14-18-27)29(43)39-35(9,47-37)21-22-36(10)40-30(44)38(48-36)25-33(5,6)42(34(7,8)26-38)46-28-19-15-12-16-20-28/h27-28H,11-26H2,1-10H3,(H,39,43)(H,40,44). The lowest BCUT2D eigenvalue weighted by atomic mass is 9.72. The molecule has 2 N–H and O–H groups in total. The predicted octanol–water partition coefficient (Wildman–Crippen LogP) is 6.80. The molecule has 2 spiro atoms. The van der Waals surface area contributed by atoms with Gasteiger partial charge in [0.25, 0.3) is 11.8 Å². The highest BCUT2D eigenvalue weighted by atomic mass is 16.7. The van der Waals surface area contributed by atoms with E-state index in [1.165, 1.54) is 38.5 Å². The van der Waals surface area contributed by atoms with Gasteiger partial charge in [-0.2, -0.15) is 10.1 Å². The highest BCUT2D eigenvalue weighted by Crippen LogP contribution is 2.53. The largest absolute Gasteiger partial charge is 0.340 e. The Bertz CT molecular complexity index is 1110. The third-order valence-electron chi connectivity index (χ3n) is 12.2. The fourth-order valence-corrected chi connectivity index (χ4v) is 10.9. The molecule has 2 amide bonds. The van der Waals surface area contributed by atoms with E-state index in [1.807, 2.05) is 13.8 Å². The van der Waals surface area contributed by atoms with Crippen LogP contribution >= 0.6 is 0 Å². The Labute approximate surface area is 290 Å². The van der Waals surface area contributed by atoms with Crippen molar-refractivity contribution in [3.8, 4) is 0 Å². The lowest BCUT2D eigenvalue weighted by molar-refractivity contribution is -0.331. The van der Waals surface area contributed by atoms with E-state index in [9.17, 15) is 9.59 Å². The van der Waals surface area contributed by atoms with Gasteiger partial charge in [-0.15, -0.1) is 0 Å². The van der Waals surface area contributed by atoms with E-state index in [4.69, 9.17) is 19.1 Å². The molecule has 6 fully saturated rings. The number of carbonyl (C=O) groups excluding carboxylic acids is 2. The molecule has 0 bridgehead atoms. The van der Waals surface area contributed by atoms with E-state index >= 15 is 0 Å². The minimum absolute atomic E-state index is 0.0599. The number of ether oxygens (including phenoxy) is 2. The van der Waals surface area contributed by atoms with Crippen LogP contribution in [0.25, 0.3) is 0 Å². The van der Waals surface area contributed by atoms with Gasteiger partial charge in [0.15, 0.2) is 11.2 Å². The summed E-state index contributed by atoms with van der Waals surface area (Å²) >= 11 is 0. The molecule has 4 aliphatic heterocycles. The fraction of sp³-hybridized carbons (Fsp3) is 0.947. The number of hydrogen-bond donors (Lipinski definition) is 2. The third-order valence-corrected chi connectivity index (χ3v) is 12.2. The first-order valence-corrected chi connectivity index (χ1v) is 19.1. The van der Waals surface area contributed by atoms with E-state index < -0.39 is 44.8 Å². The number of hydrogen-bond acceptors (Lipinski definition) is 8. The predicted molar refractivity (Wildman–Crippen MR) is 184 cm³/mol. The molecule has 274 valence electrons. The number of piperidine rings is 2. The van der Waals surface area contributed by atoms with Crippen LogP contribution in [0, 0.1) is 0 Å². The van der Waals surface area contributed by atoms with Crippen LogP contribution in [0.15, 0.2) is 0 Å². The lowest BCUT2D eigenvalue weighted by Gasteiger charge is -2.57. The van der Waals surface area contributed by atoms with E-state index in [0.29, 0.717) is 38.5 Å². The van der Waals surface area contributed by atoms with E-state index in [1.54, 1.807) is 0 Å². The number of amides is 2. The second-order valence-corrected chi connectivity index (χ2v) is 19.3. The lowest BCUT2D eigenvalue weighted by Crippen LogP contribution is -2.67. The van der Waals surface area contributed by atoms with E-state index in [2.05, 4.69) is 76.1 Å². The van der Waals surface area contributed by atoms with E-state index in [-0.39, 0.29) is 24.0 Å². The molecule has 2 saturated carbocycles. The van der Waals surface area contributed by atoms with Crippen molar-refractivity contribution in [2.24, 2.45) is 0 Å². The second-order valence-electron chi connectivity index (χ2n) is 19.3. The molecule has 2 unspecified atom stereocenters. The summed E-state index contributed by atoms with van der Waals surface area (Å²) in [6, 6.07) is 0. The van der Waals surface area contributed by atoms with Crippen molar-refractivity contribution in [3.63, 3.8) is 0 Å². The molecule has 48 heavy (non-hydrogen) atoms. The molecule has 4 heterocycles. The van der Waals surface area contributed by atoms with Crippen LogP contribution < -0.4 is 10.6 Å². The molecule has 6 aliphatic rings. The van der Waals surface area contributed by atoms with Gasteiger partial charge < -0.3 is 20.1 Å². The maximum Gasteiger partial charge on any atom is 0.254 e. The fourth-order valence-electron chi connectivity index (χ4n) is 10.9. The highest BCUT2D eigenvalue weighted by Gasteiger charge is 2.66. The zero-order valence-corrected chi connectivity index (χ0v) is 31.8. The van der Waals surface area contributed by atoms with Crippen molar-refractivity contribution >= 4 is 11.8 Å². The number of nitrogens with one attached hydrogen (secondary N) is 2. The maximum atomic E-state index is 13.9. The number of hydroxylamine groups is 4. The first kappa shape index (κ1) is 36.5. The molecule has 0 aromatic heterocycles. The monoisotopic (exact) mass is 674 g/mol. The average molecular weight is 675 g/mol. The third kappa shape index (κ3) is 6.84. The summed E-state index contributed by atoms with van der Waals surface area (Å²) in [4.78, 5) is 41.2. The van der Waals surface area contributed by atoms with Gasteiger partial charge in [0.1, 0.15) is 11.4 Å². The Kier molecular flexibility index (Phi) is 9.23. The van der Waals surface area contributed by atoms with Gasteiger partial charge in [-0.05, 0) is 108 Å². The van der Waals surface area contributed by atoms with Crippen LogP contribution in [0.3, 0.4) is 0 Å². The molecule has 0 aromatic carbocycles. The summed E-state index contributed by atoms with van der Waals surface area (Å²) < 4.78 is 13.8. The van der Waals surface area contributed by atoms with Crippen LogP contribution in [0.1, 0.15) is 172 Å². The summed E-state index contributed by atoms with van der Waals surface area (Å²) in [7, 11) is 0. The van der Waals surface area contributed by atoms with E-state index in [0.717, 1.165) is 25.7 Å². The minimum atomic E-state index is -0.963. The van der Waals surface area contributed by atoms with Crippen LogP contribution in [0.4, 0.5) is 0 Å². The molecule has 0 radical (unpaired) electrons. The summed E-state index contributed by atoms with van der Waals surface area (Å²) in [5, 5.41) is 10.8. The van der Waals surface area contributed by atoms with Crippen molar-refractivity contribution in [3.05, 3.63) is 0 Å². The van der Waals surface area contributed by atoms with Crippen LogP contribution in [-0.2, 0) is 28.7 Å². The highest BCUT2D eigenvalue weighted by molar-refractivity contribution is 5.89. The van der Waals surface area contributed by atoms with Gasteiger partial charge in [-0.25, -0.2) is 0 Å².